The lowest BCUT2D eigenvalue weighted by Gasteiger charge is -1.99. The summed E-state index contributed by atoms with van der Waals surface area (Å²) >= 11 is 0. The standard InChI is InChI=1S/C10H7NO2/c12-8-5-7-3-1-2-4-9(7)10(6-8)11-13/h1-6,12H. The third kappa shape index (κ3) is 1.24. The maximum atomic E-state index is 10.4. The van der Waals surface area contributed by atoms with E-state index in [0.29, 0.717) is 0 Å². The number of aromatic hydroxyl groups is 1. The van der Waals surface area contributed by atoms with Gasteiger partial charge in [0.1, 0.15) is 11.4 Å². The maximum absolute atomic E-state index is 10.4. The first-order valence-electron chi connectivity index (χ1n) is 3.86. The molecule has 2 rings (SSSR count). The molecule has 0 spiro atoms. The summed E-state index contributed by atoms with van der Waals surface area (Å²) in [6, 6.07) is 10.2. The zero-order valence-electron chi connectivity index (χ0n) is 6.77. The van der Waals surface area contributed by atoms with Crippen molar-refractivity contribution in [3.63, 3.8) is 0 Å². The topological polar surface area (TPSA) is 49.7 Å². The molecule has 0 bridgehead atoms. The summed E-state index contributed by atoms with van der Waals surface area (Å²) in [6.45, 7) is 0. The van der Waals surface area contributed by atoms with Crippen molar-refractivity contribution in [1.29, 1.82) is 0 Å². The van der Waals surface area contributed by atoms with Gasteiger partial charge in [-0.05, 0) is 16.6 Å². The van der Waals surface area contributed by atoms with Crippen molar-refractivity contribution in [2.45, 2.75) is 0 Å². The van der Waals surface area contributed by atoms with Crippen LogP contribution in [0.4, 0.5) is 5.69 Å². The van der Waals surface area contributed by atoms with E-state index >= 15 is 0 Å². The van der Waals surface area contributed by atoms with E-state index in [1.807, 2.05) is 18.2 Å². The quantitative estimate of drug-likeness (QED) is 0.674. The third-order valence-corrected chi connectivity index (χ3v) is 1.92. The highest BCUT2D eigenvalue weighted by Gasteiger charge is 2.02. The second kappa shape index (κ2) is 2.86. The van der Waals surface area contributed by atoms with Crippen LogP contribution in [-0.4, -0.2) is 5.11 Å². The molecular formula is C10H7NO2. The fraction of sp³-hybridized carbons (Fsp3) is 0. The lowest BCUT2D eigenvalue weighted by Crippen LogP contribution is -1.73. The molecule has 0 saturated heterocycles. The minimum Gasteiger partial charge on any atom is -0.508 e. The molecular weight excluding hydrogens is 166 g/mol. The Balaban J connectivity index is 2.89. The van der Waals surface area contributed by atoms with Gasteiger partial charge in [-0.1, -0.05) is 24.3 Å². The maximum Gasteiger partial charge on any atom is 0.119 e. The van der Waals surface area contributed by atoms with Gasteiger partial charge in [-0.2, -0.15) is 0 Å². The number of phenolic OH excluding ortho intramolecular Hbond substituents is 1. The smallest absolute Gasteiger partial charge is 0.119 e. The van der Waals surface area contributed by atoms with Gasteiger partial charge in [0.05, 0.1) is 0 Å². The third-order valence-electron chi connectivity index (χ3n) is 1.92. The van der Waals surface area contributed by atoms with E-state index in [4.69, 9.17) is 0 Å². The average molecular weight is 173 g/mol. The van der Waals surface area contributed by atoms with E-state index in [1.54, 1.807) is 12.1 Å². The number of benzene rings is 2. The molecule has 2 aromatic carbocycles. The predicted molar refractivity (Wildman–Crippen MR) is 51.1 cm³/mol. The molecule has 0 fully saturated rings. The molecule has 1 N–H and O–H groups in total. The van der Waals surface area contributed by atoms with Gasteiger partial charge in [0.15, 0.2) is 0 Å². The fourth-order valence-electron chi connectivity index (χ4n) is 1.35. The number of phenols is 1. The van der Waals surface area contributed by atoms with E-state index in [-0.39, 0.29) is 11.4 Å². The normalized spacial score (nSPS) is 10.2. The summed E-state index contributed by atoms with van der Waals surface area (Å²) in [4.78, 5) is 10.4. The number of nitroso groups, excluding NO2 is 1. The molecule has 3 nitrogen and oxygen atoms in total. The monoisotopic (exact) mass is 173 g/mol. The Bertz CT molecular complexity index is 465. The van der Waals surface area contributed by atoms with Crippen molar-refractivity contribution in [1.82, 2.24) is 0 Å². The molecule has 3 heteroatoms. The van der Waals surface area contributed by atoms with E-state index < -0.39 is 0 Å². The summed E-state index contributed by atoms with van der Waals surface area (Å²) in [7, 11) is 0. The summed E-state index contributed by atoms with van der Waals surface area (Å²) in [5.74, 6) is 0.0632. The highest BCUT2D eigenvalue weighted by atomic mass is 16.3. The van der Waals surface area contributed by atoms with Crippen molar-refractivity contribution in [3.05, 3.63) is 41.3 Å². The molecule has 0 aliphatic rings. The number of hydrogen-bond acceptors (Lipinski definition) is 3. The van der Waals surface area contributed by atoms with Gasteiger partial charge in [0, 0.05) is 11.5 Å². The van der Waals surface area contributed by atoms with Crippen LogP contribution < -0.4 is 0 Å². The van der Waals surface area contributed by atoms with Gasteiger partial charge in [0.2, 0.25) is 0 Å². The molecule has 0 aromatic heterocycles. The lowest BCUT2D eigenvalue weighted by molar-refractivity contribution is 0.476. The molecule has 0 saturated carbocycles. The van der Waals surface area contributed by atoms with Gasteiger partial charge in [-0.3, -0.25) is 0 Å². The van der Waals surface area contributed by atoms with Crippen LogP contribution in [0.25, 0.3) is 10.8 Å². The molecule has 0 amide bonds. The Morgan fingerprint density at radius 3 is 2.69 bits per heavy atom. The minimum absolute atomic E-state index is 0.0632. The predicted octanol–water partition coefficient (Wildman–Crippen LogP) is 2.94. The Hall–Kier alpha value is -1.90. The lowest BCUT2D eigenvalue weighted by atomic mass is 10.1. The van der Waals surface area contributed by atoms with Crippen LogP contribution in [0.1, 0.15) is 0 Å². The molecule has 13 heavy (non-hydrogen) atoms. The largest absolute Gasteiger partial charge is 0.508 e. The van der Waals surface area contributed by atoms with Crippen molar-refractivity contribution in [2.24, 2.45) is 5.18 Å². The highest BCUT2D eigenvalue weighted by Crippen LogP contribution is 2.30. The zero-order valence-corrected chi connectivity index (χ0v) is 6.77. The van der Waals surface area contributed by atoms with E-state index in [0.717, 1.165) is 10.8 Å². The Kier molecular flexibility index (Phi) is 1.70. The van der Waals surface area contributed by atoms with E-state index in [2.05, 4.69) is 5.18 Å². The summed E-state index contributed by atoms with van der Waals surface area (Å²) in [5.41, 5.74) is 0.274. The van der Waals surface area contributed by atoms with Crippen molar-refractivity contribution in [2.75, 3.05) is 0 Å². The van der Waals surface area contributed by atoms with Gasteiger partial charge in [-0.15, -0.1) is 4.91 Å². The average Bonchev–Trinajstić information content (AvgIpc) is 2.16. The number of nitrogens with zero attached hydrogens (tertiary/aromatic N) is 1. The van der Waals surface area contributed by atoms with Crippen LogP contribution in [0.15, 0.2) is 41.6 Å². The van der Waals surface area contributed by atoms with Crippen molar-refractivity contribution < 1.29 is 5.11 Å². The Morgan fingerprint density at radius 1 is 1.15 bits per heavy atom. The summed E-state index contributed by atoms with van der Waals surface area (Å²) in [5, 5.41) is 13.7. The number of rotatable bonds is 1. The molecule has 0 unspecified atom stereocenters. The van der Waals surface area contributed by atoms with E-state index in [9.17, 15) is 10.0 Å². The van der Waals surface area contributed by atoms with Crippen LogP contribution in [-0.2, 0) is 0 Å². The molecule has 0 atom stereocenters. The second-order valence-electron chi connectivity index (χ2n) is 2.78. The molecule has 0 aliphatic heterocycles. The van der Waals surface area contributed by atoms with Crippen LogP contribution in [0.5, 0.6) is 5.75 Å². The molecule has 2 aromatic rings. The molecule has 0 radical (unpaired) electrons. The Morgan fingerprint density at radius 2 is 1.92 bits per heavy atom. The fourth-order valence-corrected chi connectivity index (χ4v) is 1.35. The molecule has 0 aliphatic carbocycles. The SMILES string of the molecule is O=Nc1cc(O)cc2ccccc12. The summed E-state index contributed by atoms with van der Waals surface area (Å²) < 4.78 is 0. The van der Waals surface area contributed by atoms with E-state index in [1.165, 1.54) is 6.07 Å². The second-order valence-corrected chi connectivity index (χ2v) is 2.78. The number of fused-ring (bicyclic) bond motifs is 1. The van der Waals surface area contributed by atoms with Crippen molar-refractivity contribution >= 4 is 16.5 Å². The minimum atomic E-state index is 0.0632. The molecule has 0 heterocycles. The van der Waals surface area contributed by atoms with Gasteiger partial charge in [-0.25, -0.2) is 0 Å². The summed E-state index contributed by atoms with van der Waals surface area (Å²) in [6.07, 6.45) is 0. The first-order chi connectivity index (χ1) is 6.31. The van der Waals surface area contributed by atoms with Crippen LogP contribution in [0.3, 0.4) is 0 Å². The van der Waals surface area contributed by atoms with Crippen molar-refractivity contribution in [3.8, 4) is 5.75 Å². The van der Waals surface area contributed by atoms with Gasteiger partial charge in [0.25, 0.3) is 0 Å². The first kappa shape index (κ1) is 7.73. The van der Waals surface area contributed by atoms with Gasteiger partial charge < -0.3 is 5.11 Å². The number of hydrogen-bond donors (Lipinski definition) is 1. The Labute approximate surface area is 74.6 Å². The highest BCUT2D eigenvalue weighted by molar-refractivity contribution is 5.93. The van der Waals surface area contributed by atoms with Crippen LogP contribution >= 0.6 is 0 Å². The van der Waals surface area contributed by atoms with Crippen LogP contribution in [0, 0.1) is 4.91 Å². The first-order valence-corrected chi connectivity index (χ1v) is 3.86. The zero-order chi connectivity index (χ0) is 9.26. The van der Waals surface area contributed by atoms with Crippen LogP contribution in [0.2, 0.25) is 0 Å². The van der Waals surface area contributed by atoms with Gasteiger partial charge >= 0.3 is 0 Å². The molecule has 64 valence electrons.